The molecule has 0 unspecified atom stereocenters. The highest BCUT2D eigenvalue weighted by atomic mass is 32.2. The summed E-state index contributed by atoms with van der Waals surface area (Å²) in [6.45, 7) is 7.12. The first kappa shape index (κ1) is 12.9. The molecule has 0 fully saturated rings. The maximum Gasteiger partial charge on any atom is 0.152 e. The first-order valence-electron chi connectivity index (χ1n) is 4.54. The molecule has 0 atom stereocenters. The van der Waals surface area contributed by atoms with Crippen LogP contribution in [0.1, 0.15) is 34.1 Å². The Morgan fingerprint density at radius 1 is 1.31 bits per heavy atom. The summed E-state index contributed by atoms with van der Waals surface area (Å²) in [7, 11) is -2.95. The molecule has 3 nitrogen and oxygen atoms in total. The van der Waals surface area contributed by atoms with Crippen molar-refractivity contribution in [3.63, 3.8) is 0 Å². The summed E-state index contributed by atoms with van der Waals surface area (Å²) >= 11 is 0. The van der Waals surface area contributed by atoms with Crippen molar-refractivity contribution in [1.82, 2.24) is 0 Å². The molecule has 0 aromatic rings. The molecule has 1 N–H and O–H groups in total. The van der Waals surface area contributed by atoms with E-state index >= 15 is 0 Å². The molecule has 0 amide bonds. The Morgan fingerprint density at radius 3 is 2.08 bits per heavy atom. The molecule has 0 aromatic carbocycles. The van der Waals surface area contributed by atoms with Crippen LogP contribution in [0.3, 0.4) is 0 Å². The molecule has 4 heteroatoms. The van der Waals surface area contributed by atoms with Crippen LogP contribution in [0.15, 0.2) is 0 Å². The van der Waals surface area contributed by atoms with E-state index in [2.05, 4.69) is 0 Å². The van der Waals surface area contributed by atoms with E-state index in [1.807, 2.05) is 13.8 Å². The van der Waals surface area contributed by atoms with E-state index in [9.17, 15) is 8.42 Å². The number of hydrogen-bond acceptors (Lipinski definition) is 3. The molecule has 0 radical (unpaired) electrons. The lowest BCUT2D eigenvalue weighted by Crippen LogP contribution is -2.25. The van der Waals surface area contributed by atoms with E-state index in [-0.39, 0.29) is 23.0 Å². The van der Waals surface area contributed by atoms with Crippen molar-refractivity contribution >= 4 is 9.84 Å². The predicted octanol–water partition coefficient (Wildman–Crippen LogP) is 1.22. The highest BCUT2D eigenvalue weighted by Crippen LogP contribution is 2.20. The van der Waals surface area contributed by atoms with Crippen molar-refractivity contribution in [3.8, 4) is 0 Å². The summed E-state index contributed by atoms with van der Waals surface area (Å²) in [5.41, 5.74) is -0.290. The molecule has 0 aliphatic carbocycles. The topological polar surface area (TPSA) is 54.4 Å². The molecular weight excluding hydrogens is 188 g/mol. The van der Waals surface area contributed by atoms with E-state index in [1.165, 1.54) is 0 Å². The molecule has 0 spiro atoms. The Bertz CT molecular complexity index is 240. The maximum atomic E-state index is 11.4. The van der Waals surface area contributed by atoms with Gasteiger partial charge in [0.1, 0.15) is 0 Å². The Hall–Kier alpha value is -0.0900. The fourth-order valence-corrected chi connectivity index (χ4v) is 2.04. The van der Waals surface area contributed by atoms with Crippen molar-refractivity contribution in [2.75, 3.05) is 12.4 Å². The van der Waals surface area contributed by atoms with Gasteiger partial charge in [0.05, 0.1) is 11.0 Å². The van der Waals surface area contributed by atoms with E-state index in [4.69, 9.17) is 5.11 Å². The second kappa shape index (κ2) is 4.42. The van der Waals surface area contributed by atoms with Crippen LogP contribution < -0.4 is 0 Å². The number of hydrogen-bond donors (Lipinski definition) is 1. The summed E-state index contributed by atoms with van der Waals surface area (Å²) < 4.78 is 22.8. The second-order valence-corrected chi connectivity index (χ2v) is 7.16. The third-order valence-electron chi connectivity index (χ3n) is 2.21. The smallest absolute Gasteiger partial charge is 0.152 e. The van der Waals surface area contributed by atoms with Crippen LogP contribution in [-0.4, -0.2) is 31.1 Å². The molecule has 13 heavy (non-hydrogen) atoms. The molecule has 0 aliphatic rings. The summed E-state index contributed by atoms with van der Waals surface area (Å²) in [5.74, 6) is 0.165. The molecule has 0 saturated heterocycles. The molecule has 80 valence electrons. The van der Waals surface area contributed by atoms with Gasteiger partial charge in [0.2, 0.25) is 0 Å². The lowest BCUT2D eigenvalue weighted by molar-refractivity contribution is 0.156. The van der Waals surface area contributed by atoms with Crippen LogP contribution in [0.25, 0.3) is 0 Å². The third-order valence-corrected chi connectivity index (χ3v) is 4.42. The number of aliphatic hydroxyl groups excluding tert-OH is 1. The van der Waals surface area contributed by atoms with Crippen LogP contribution in [0.4, 0.5) is 0 Å². The standard InChI is InChI=1S/C9H20O3S/c1-8(2)13(11,12)6-5-9(3,4)7-10/h8,10H,5-7H2,1-4H3. The van der Waals surface area contributed by atoms with Gasteiger partial charge in [-0.2, -0.15) is 0 Å². The van der Waals surface area contributed by atoms with Crippen LogP contribution in [0, 0.1) is 5.41 Å². The average Bonchev–Trinajstić information content (AvgIpc) is 2.01. The molecule has 0 saturated carbocycles. The van der Waals surface area contributed by atoms with E-state index < -0.39 is 9.84 Å². The van der Waals surface area contributed by atoms with Crippen molar-refractivity contribution in [3.05, 3.63) is 0 Å². The highest BCUT2D eigenvalue weighted by Gasteiger charge is 2.22. The maximum absolute atomic E-state index is 11.4. The minimum Gasteiger partial charge on any atom is -0.396 e. The summed E-state index contributed by atoms with van der Waals surface area (Å²) in [5, 5.41) is 8.62. The summed E-state index contributed by atoms with van der Waals surface area (Å²) in [4.78, 5) is 0. The predicted molar refractivity (Wildman–Crippen MR) is 54.4 cm³/mol. The number of aliphatic hydroxyl groups is 1. The quantitative estimate of drug-likeness (QED) is 0.739. The van der Waals surface area contributed by atoms with Crippen molar-refractivity contribution < 1.29 is 13.5 Å². The van der Waals surface area contributed by atoms with E-state index in [0.29, 0.717) is 6.42 Å². The monoisotopic (exact) mass is 208 g/mol. The fourth-order valence-electron chi connectivity index (χ4n) is 0.733. The zero-order valence-electron chi connectivity index (χ0n) is 8.87. The molecular formula is C9H20O3S. The fraction of sp³-hybridized carbons (Fsp3) is 1.00. The van der Waals surface area contributed by atoms with Crippen molar-refractivity contribution in [1.29, 1.82) is 0 Å². The third kappa shape index (κ3) is 4.62. The number of rotatable bonds is 5. The lowest BCUT2D eigenvalue weighted by atomic mass is 9.92. The summed E-state index contributed by atoms with van der Waals surface area (Å²) in [6.07, 6.45) is 0.518. The van der Waals surface area contributed by atoms with Crippen LogP contribution in [0.2, 0.25) is 0 Å². The van der Waals surface area contributed by atoms with Crippen molar-refractivity contribution in [2.45, 2.75) is 39.4 Å². The minimum atomic E-state index is -2.95. The van der Waals surface area contributed by atoms with E-state index in [1.54, 1.807) is 13.8 Å². The van der Waals surface area contributed by atoms with Crippen LogP contribution >= 0.6 is 0 Å². The molecule has 0 heterocycles. The van der Waals surface area contributed by atoms with Gasteiger partial charge in [-0.3, -0.25) is 0 Å². The van der Waals surface area contributed by atoms with Gasteiger partial charge in [-0.15, -0.1) is 0 Å². The Labute approximate surface area is 81.1 Å². The molecule has 0 rings (SSSR count). The number of sulfone groups is 1. The first-order valence-corrected chi connectivity index (χ1v) is 6.25. The summed E-state index contributed by atoms with van der Waals surface area (Å²) in [6, 6.07) is 0. The molecule has 0 aromatic heterocycles. The molecule has 0 bridgehead atoms. The zero-order valence-corrected chi connectivity index (χ0v) is 9.69. The highest BCUT2D eigenvalue weighted by molar-refractivity contribution is 7.91. The normalized spacial score (nSPS) is 13.7. The van der Waals surface area contributed by atoms with Gasteiger partial charge in [0, 0.05) is 6.61 Å². The van der Waals surface area contributed by atoms with Gasteiger partial charge in [-0.25, -0.2) is 8.42 Å². The Balaban J connectivity index is 4.19. The average molecular weight is 208 g/mol. The van der Waals surface area contributed by atoms with Gasteiger partial charge < -0.3 is 5.11 Å². The Morgan fingerprint density at radius 2 is 1.77 bits per heavy atom. The second-order valence-electron chi connectivity index (χ2n) is 4.49. The largest absolute Gasteiger partial charge is 0.396 e. The first-order chi connectivity index (χ1) is 5.71. The SMILES string of the molecule is CC(C)S(=O)(=O)CCC(C)(C)CO. The van der Waals surface area contributed by atoms with Crippen LogP contribution in [0.5, 0.6) is 0 Å². The Kier molecular flexibility index (Phi) is 4.39. The molecule has 0 aliphatic heterocycles. The van der Waals surface area contributed by atoms with Crippen LogP contribution in [-0.2, 0) is 9.84 Å². The van der Waals surface area contributed by atoms with Gasteiger partial charge >= 0.3 is 0 Å². The zero-order chi connectivity index (χ0) is 10.7. The van der Waals surface area contributed by atoms with E-state index in [0.717, 1.165) is 0 Å². The van der Waals surface area contributed by atoms with Gasteiger partial charge in [0.15, 0.2) is 9.84 Å². The van der Waals surface area contributed by atoms with Crippen molar-refractivity contribution in [2.24, 2.45) is 5.41 Å². The van der Waals surface area contributed by atoms with Gasteiger partial charge in [-0.05, 0) is 25.7 Å². The minimum absolute atomic E-state index is 0.0284. The van der Waals surface area contributed by atoms with Gasteiger partial charge in [-0.1, -0.05) is 13.8 Å². The van der Waals surface area contributed by atoms with Gasteiger partial charge in [0.25, 0.3) is 0 Å². The lowest BCUT2D eigenvalue weighted by Gasteiger charge is -2.21.